The summed E-state index contributed by atoms with van der Waals surface area (Å²) in [5.74, 6) is 0. The zero-order valence-corrected chi connectivity index (χ0v) is 13.3. The number of rotatable bonds is 15. The third kappa shape index (κ3) is 14.1. The van der Waals surface area contributed by atoms with Crippen LogP contribution in [0, 0.1) is 0 Å². The SMILES string of the molecule is CCCCCCCC(CCCCCCC)OCCO. The first-order chi connectivity index (χ1) is 9.35. The highest BCUT2D eigenvalue weighted by molar-refractivity contribution is 4.60. The van der Waals surface area contributed by atoms with Crippen molar-refractivity contribution < 1.29 is 9.84 Å². The van der Waals surface area contributed by atoms with Crippen molar-refractivity contribution in [3.63, 3.8) is 0 Å². The van der Waals surface area contributed by atoms with Gasteiger partial charge < -0.3 is 9.84 Å². The predicted molar refractivity (Wildman–Crippen MR) is 83.6 cm³/mol. The van der Waals surface area contributed by atoms with Crippen LogP contribution in [0.3, 0.4) is 0 Å². The van der Waals surface area contributed by atoms with Gasteiger partial charge in [-0.3, -0.25) is 0 Å². The largest absolute Gasteiger partial charge is 0.394 e. The minimum absolute atomic E-state index is 0.155. The molecule has 116 valence electrons. The number of aliphatic hydroxyl groups excluding tert-OH is 1. The molecule has 0 aliphatic carbocycles. The molecule has 0 spiro atoms. The molecule has 1 N–H and O–H groups in total. The van der Waals surface area contributed by atoms with E-state index in [1.165, 1.54) is 77.0 Å². The number of ether oxygens (including phenoxy) is 1. The van der Waals surface area contributed by atoms with Crippen LogP contribution in [-0.2, 0) is 4.74 Å². The Morgan fingerprint density at radius 2 is 1.21 bits per heavy atom. The minimum atomic E-state index is 0.155. The van der Waals surface area contributed by atoms with Gasteiger partial charge in [-0.2, -0.15) is 0 Å². The molecule has 0 aliphatic heterocycles. The van der Waals surface area contributed by atoms with Gasteiger partial charge in [0.2, 0.25) is 0 Å². The Labute approximate surface area is 120 Å². The zero-order valence-electron chi connectivity index (χ0n) is 13.3. The minimum Gasteiger partial charge on any atom is -0.394 e. The van der Waals surface area contributed by atoms with Crippen molar-refractivity contribution in [2.45, 2.75) is 97.0 Å². The Morgan fingerprint density at radius 1 is 0.737 bits per heavy atom. The van der Waals surface area contributed by atoms with E-state index in [9.17, 15) is 0 Å². The molecule has 0 amide bonds. The molecule has 0 aromatic rings. The Kier molecular flexibility index (Phi) is 15.9. The molecule has 0 saturated carbocycles. The first kappa shape index (κ1) is 18.9. The Balaban J connectivity index is 3.57. The van der Waals surface area contributed by atoms with Crippen LogP contribution in [0.1, 0.15) is 90.9 Å². The highest BCUT2D eigenvalue weighted by Gasteiger charge is 2.08. The molecule has 0 rings (SSSR count). The maximum atomic E-state index is 8.87. The first-order valence-corrected chi connectivity index (χ1v) is 8.57. The third-order valence-corrected chi connectivity index (χ3v) is 3.70. The van der Waals surface area contributed by atoms with E-state index in [1.54, 1.807) is 0 Å². The molecule has 0 radical (unpaired) electrons. The standard InChI is InChI=1S/C17H36O2/c1-3-5-7-9-11-13-17(19-16-15-18)14-12-10-8-6-4-2/h17-18H,3-16H2,1-2H3. The Hall–Kier alpha value is -0.0800. The lowest BCUT2D eigenvalue weighted by atomic mass is 10.0. The highest BCUT2D eigenvalue weighted by atomic mass is 16.5. The van der Waals surface area contributed by atoms with Crippen LogP contribution < -0.4 is 0 Å². The predicted octanol–water partition coefficient (Wildman–Crippen LogP) is 5.08. The fraction of sp³-hybridized carbons (Fsp3) is 1.00. The lowest BCUT2D eigenvalue weighted by Crippen LogP contribution is -2.15. The van der Waals surface area contributed by atoms with E-state index < -0.39 is 0 Å². The molecular formula is C17H36O2. The molecule has 2 nitrogen and oxygen atoms in total. The van der Waals surface area contributed by atoms with Gasteiger partial charge in [0.15, 0.2) is 0 Å². The summed E-state index contributed by atoms with van der Waals surface area (Å²) in [6.07, 6.45) is 16.0. The molecule has 0 saturated heterocycles. The smallest absolute Gasteiger partial charge is 0.0701 e. The van der Waals surface area contributed by atoms with Crippen LogP contribution in [0.25, 0.3) is 0 Å². The normalized spacial score (nSPS) is 11.4. The molecule has 0 unspecified atom stereocenters. The summed E-state index contributed by atoms with van der Waals surface area (Å²) in [4.78, 5) is 0. The van der Waals surface area contributed by atoms with E-state index >= 15 is 0 Å². The second kappa shape index (κ2) is 16.0. The van der Waals surface area contributed by atoms with Crippen LogP contribution in [0.2, 0.25) is 0 Å². The van der Waals surface area contributed by atoms with Crippen LogP contribution in [0.4, 0.5) is 0 Å². The third-order valence-electron chi connectivity index (χ3n) is 3.70. The maximum absolute atomic E-state index is 8.87. The van der Waals surface area contributed by atoms with Gasteiger partial charge >= 0.3 is 0 Å². The summed E-state index contributed by atoms with van der Waals surface area (Å²) in [5, 5.41) is 8.87. The van der Waals surface area contributed by atoms with E-state index in [1.807, 2.05) is 0 Å². The Morgan fingerprint density at radius 3 is 1.63 bits per heavy atom. The molecule has 2 heteroatoms. The van der Waals surface area contributed by atoms with E-state index in [4.69, 9.17) is 9.84 Å². The van der Waals surface area contributed by atoms with Crippen molar-refractivity contribution in [2.24, 2.45) is 0 Å². The summed E-state index contributed by atoms with van der Waals surface area (Å²) in [6, 6.07) is 0. The van der Waals surface area contributed by atoms with Gasteiger partial charge in [-0.05, 0) is 12.8 Å². The lowest BCUT2D eigenvalue weighted by Gasteiger charge is -2.17. The monoisotopic (exact) mass is 272 g/mol. The van der Waals surface area contributed by atoms with Gasteiger partial charge in [-0.1, -0.05) is 78.1 Å². The van der Waals surface area contributed by atoms with Gasteiger partial charge in [0, 0.05) is 0 Å². The summed E-state index contributed by atoms with van der Waals surface area (Å²) in [6.45, 7) is 5.17. The lowest BCUT2D eigenvalue weighted by molar-refractivity contribution is 0.0167. The van der Waals surface area contributed by atoms with Crippen LogP contribution in [-0.4, -0.2) is 24.4 Å². The molecular weight excluding hydrogens is 236 g/mol. The summed E-state index contributed by atoms with van der Waals surface area (Å²) in [7, 11) is 0. The van der Waals surface area contributed by atoms with Crippen LogP contribution >= 0.6 is 0 Å². The fourth-order valence-electron chi connectivity index (χ4n) is 2.48. The Bertz CT molecular complexity index is 145. The van der Waals surface area contributed by atoms with Crippen molar-refractivity contribution in [1.29, 1.82) is 0 Å². The average Bonchev–Trinajstić information content (AvgIpc) is 2.43. The summed E-state index contributed by atoms with van der Waals surface area (Å²) >= 11 is 0. The van der Waals surface area contributed by atoms with Crippen molar-refractivity contribution in [1.82, 2.24) is 0 Å². The van der Waals surface area contributed by atoms with E-state index in [0.29, 0.717) is 12.7 Å². The van der Waals surface area contributed by atoms with Crippen LogP contribution in [0.5, 0.6) is 0 Å². The number of unbranched alkanes of at least 4 members (excludes halogenated alkanes) is 8. The maximum Gasteiger partial charge on any atom is 0.0701 e. The molecule has 0 fully saturated rings. The van der Waals surface area contributed by atoms with Gasteiger partial charge in [0.25, 0.3) is 0 Å². The van der Waals surface area contributed by atoms with E-state index in [0.717, 1.165) is 0 Å². The first-order valence-electron chi connectivity index (χ1n) is 8.57. The second-order valence-corrected chi connectivity index (χ2v) is 5.62. The molecule has 0 aliphatic rings. The second-order valence-electron chi connectivity index (χ2n) is 5.62. The van der Waals surface area contributed by atoms with Gasteiger partial charge in [0.1, 0.15) is 0 Å². The summed E-state index contributed by atoms with van der Waals surface area (Å²) < 4.78 is 5.75. The number of aliphatic hydroxyl groups is 1. The van der Waals surface area contributed by atoms with Gasteiger partial charge in [-0.15, -0.1) is 0 Å². The van der Waals surface area contributed by atoms with Crippen molar-refractivity contribution in [3.05, 3.63) is 0 Å². The zero-order chi connectivity index (χ0) is 14.2. The quantitative estimate of drug-likeness (QED) is 0.421. The number of hydrogen-bond donors (Lipinski definition) is 1. The van der Waals surface area contributed by atoms with E-state index in [2.05, 4.69) is 13.8 Å². The highest BCUT2D eigenvalue weighted by Crippen LogP contribution is 2.16. The van der Waals surface area contributed by atoms with Gasteiger partial charge in [-0.25, -0.2) is 0 Å². The van der Waals surface area contributed by atoms with Crippen molar-refractivity contribution >= 4 is 0 Å². The molecule has 19 heavy (non-hydrogen) atoms. The fourth-order valence-corrected chi connectivity index (χ4v) is 2.48. The van der Waals surface area contributed by atoms with Crippen molar-refractivity contribution in [2.75, 3.05) is 13.2 Å². The van der Waals surface area contributed by atoms with E-state index in [-0.39, 0.29) is 6.61 Å². The molecule has 0 aromatic heterocycles. The average molecular weight is 272 g/mol. The van der Waals surface area contributed by atoms with Crippen molar-refractivity contribution in [3.8, 4) is 0 Å². The molecule has 0 atom stereocenters. The number of hydrogen-bond acceptors (Lipinski definition) is 2. The van der Waals surface area contributed by atoms with Crippen LogP contribution in [0.15, 0.2) is 0 Å². The molecule has 0 bridgehead atoms. The molecule has 0 heterocycles. The topological polar surface area (TPSA) is 29.5 Å². The molecule has 0 aromatic carbocycles. The van der Waals surface area contributed by atoms with Gasteiger partial charge in [0.05, 0.1) is 19.3 Å². The summed E-state index contributed by atoms with van der Waals surface area (Å²) in [5.41, 5.74) is 0.